The zero-order valence-corrected chi connectivity index (χ0v) is 12.8. The van der Waals surface area contributed by atoms with Gasteiger partial charge in [0.05, 0.1) is 5.02 Å². The largest absolute Gasteiger partial charge is 0.319 e. The Morgan fingerprint density at radius 3 is 2.84 bits per heavy atom. The number of nitrogens with one attached hydrogen (secondary N) is 1. The van der Waals surface area contributed by atoms with E-state index in [0.29, 0.717) is 24.0 Å². The Hall–Kier alpha value is -0.620. The standard InChI is InChI=1S/C13H19ClN2O2S/c1-10-3-4-13(12(14)7-10)19(17,18)16-6-5-11(9-16)8-15-2/h3-4,7,11,15H,5-6,8-9H2,1-2H3/t11-/m1/s1. The lowest BCUT2D eigenvalue weighted by Gasteiger charge is -2.17. The van der Waals surface area contributed by atoms with Crippen LogP contribution in [0.3, 0.4) is 0 Å². The molecule has 0 aromatic heterocycles. The summed E-state index contributed by atoms with van der Waals surface area (Å²) < 4.78 is 26.6. The van der Waals surface area contributed by atoms with Crippen LogP contribution in [0.4, 0.5) is 0 Å². The van der Waals surface area contributed by atoms with Gasteiger partial charge in [-0.3, -0.25) is 0 Å². The van der Waals surface area contributed by atoms with Crippen molar-refractivity contribution in [2.75, 3.05) is 26.7 Å². The van der Waals surface area contributed by atoms with Gasteiger partial charge in [-0.05, 0) is 50.6 Å². The van der Waals surface area contributed by atoms with Gasteiger partial charge in [0.25, 0.3) is 0 Å². The molecule has 1 aromatic rings. The highest BCUT2D eigenvalue weighted by molar-refractivity contribution is 7.89. The lowest BCUT2D eigenvalue weighted by molar-refractivity contribution is 0.451. The molecule has 0 unspecified atom stereocenters. The molecule has 2 rings (SSSR count). The predicted octanol–water partition coefficient (Wildman–Crippen LogP) is 1.88. The van der Waals surface area contributed by atoms with Gasteiger partial charge in [-0.15, -0.1) is 0 Å². The van der Waals surface area contributed by atoms with E-state index in [1.165, 1.54) is 4.31 Å². The van der Waals surface area contributed by atoms with Crippen molar-refractivity contribution in [2.45, 2.75) is 18.2 Å². The van der Waals surface area contributed by atoms with Gasteiger partial charge < -0.3 is 5.32 Å². The van der Waals surface area contributed by atoms with Crippen LogP contribution in [0.2, 0.25) is 5.02 Å². The quantitative estimate of drug-likeness (QED) is 0.924. The van der Waals surface area contributed by atoms with E-state index < -0.39 is 10.0 Å². The Labute approximate surface area is 119 Å². The molecular formula is C13H19ClN2O2S. The Morgan fingerprint density at radius 1 is 1.47 bits per heavy atom. The molecule has 1 saturated heterocycles. The average molecular weight is 303 g/mol. The molecule has 0 amide bonds. The van der Waals surface area contributed by atoms with Crippen molar-refractivity contribution in [1.29, 1.82) is 0 Å². The summed E-state index contributed by atoms with van der Waals surface area (Å²) in [5.74, 6) is 0.379. The van der Waals surface area contributed by atoms with E-state index in [0.717, 1.165) is 18.5 Å². The molecule has 0 saturated carbocycles. The molecule has 0 aliphatic carbocycles. The Morgan fingerprint density at radius 2 is 2.21 bits per heavy atom. The van der Waals surface area contributed by atoms with Crippen LogP contribution in [0, 0.1) is 12.8 Å². The van der Waals surface area contributed by atoms with Gasteiger partial charge in [0, 0.05) is 13.1 Å². The molecular weight excluding hydrogens is 284 g/mol. The van der Waals surface area contributed by atoms with E-state index in [4.69, 9.17) is 11.6 Å². The van der Waals surface area contributed by atoms with E-state index in [2.05, 4.69) is 5.32 Å². The number of hydrogen-bond donors (Lipinski definition) is 1. The SMILES string of the molecule is CNC[C@H]1CCN(S(=O)(=O)c2ccc(C)cc2Cl)C1. The van der Waals surface area contributed by atoms with Crippen LogP contribution in [0.15, 0.2) is 23.1 Å². The zero-order chi connectivity index (χ0) is 14.0. The van der Waals surface area contributed by atoms with Crippen molar-refractivity contribution in [3.63, 3.8) is 0 Å². The number of hydrogen-bond acceptors (Lipinski definition) is 3. The molecule has 19 heavy (non-hydrogen) atoms. The molecule has 1 N–H and O–H groups in total. The monoisotopic (exact) mass is 302 g/mol. The highest BCUT2D eigenvalue weighted by atomic mass is 35.5. The fourth-order valence-corrected chi connectivity index (χ4v) is 4.53. The van der Waals surface area contributed by atoms with E-state index in [1.54, 1.807) is 18.2 Å². The molecule has 4 nitrogen and oxygen atoms in total. The summed E-state index contributed by atoms with van der Waals surface area (Å²) in [6.45, 7) is 3.86. The van der Waals surface area contributed by atoms with Crippen LogP contribution < -0.4 is 5.32 Å². The normalized spacial score (nSPS) is 20.9. The first kappa shape index (κ1) is 14.8. The van der Waals surface area contributed by atoms with Gasteiger partial charge in [-0.1, -0.05) is 17.7 Å². The van der Waals surface area contributed by atoms with Crippen LogP contribution in [-0.2, 0) is 10.0 Å². The topological polar surface area (TPSA) is 49.4 Å². The van der Waals surface area contributed by atoms with Crippen LogP contribution in [0.1, 0.15) is 12.0 Å². The van der Waals surface area contributed by atoms with Crippen LogP contribution in [0.25, 0.3) is 0 Å². The molecule has 1 fully saturated rings. The van der Waals surface area contributed by atoms with Gasteiger partial charge in [-0.25, -0.2) is 8.42 Å². The van der Waals surface area contributed by atoms with Crippen molar-refractivity contribution < 1.29 is 8.42 Å². The molecule has 1 aliphatic rings. The van der Waals surface area contributed by atoms with Gasteiger partial charge in [-0.2, -0.15) is 4.31 Å². The number of benzene rings is 1. The lowest BCUT2D eigenvalue weighted by atomic mass is 10.1. The van der Waals surface area contributed by atoms with Gasteiger partial charge in [0.15, 0.2) is 0 Å². The molecule has 0 radical (unpaired) electrons. The summed E-state index contributed by atoms with van der Waals surface area (Å²) in [5.41, 5.74) is 0.957. The Balaban J connectivity index is 2.23. The third-order valence-electron chi connectivity index (χ3n) is 3.45. The summed E-state index contributed by atoms with van der Waals surface area (Å²) >= 11 is 6.07. The maximum Gasteiger partial charge on any atom is 0.244 e. The molecule has 0 spiro atoms. The summed E-state index contributed by atoms with van der Waals surface area (Å²) in [4.78, 5) is 0.213. The van der Waals surface area contributed by atoms with Crippen molar-refractivity contribution in [1.82, 2.24) is 9.62 Å². The first-order valence-corrected chi connectivity index (χ1v) is 8.18. The van der Waals surface area contributed by atoms with Gasteiger partial charge >= 0.3 is 0 Å². The number of nitrogens with zero attached hydrogens (tertiary/aromatic N) is 1. The van der Waals surface area contributed by atoms with Crippen molar-refractivity contribution in [3.8, 4) is 0 Å². The van der Waals surface area contributed by atoms with Gasteiger partial charge in [0.2, 0.25) is 10.0 Å². The van der Waals surface area contributed by atoms with Crippen molar-refractivity contribution in [3.05, 3.63) is 28.8 Å². The number of sulfonamides is 1. The smallest absolute Gasteiger partial charge is 0.244 e. The zero-order valence-electron chi connectivity index (χ0n) is 11.2. The highest BCUT2D eigenvalue weighted by Crippen LogP contribution is 2.29. The summed E-state index contributed by atoms with van der Waals surface area (Å²) in [6, 6.07) is 5.06. The molecule has 1 heterocycles. The third-order valence-corrected chi connectivity index (χ3v) is 5.79. The summed E-state index contributed by atoms with van der Waals surface area (Å²) in [7, 11) is -1.58. The maximum atomic E-state index is 12.5. The lowest BCUT2D eigenvalue weighted by Crippen LogP contribution is -2.30. The first-order valence-electron chi connectivity index (χ1n) is 6.36. The second-order valence-corrected chi connectivity index (χ2v) is 7.32. The number of rotatable bonds is 4. The van der Waals surface area contributed by atoms with E-state index in [9.17, 15) is 8.42 Å². The van der Waals surface area contributed by atoms with E-state index >= 15 is 0 Å². The second-order valence-electron chi connectivity index (χ2n) is 5.01. The van der Waals surface area contributed by atoms with E-state index in [-0.39, 0.29) is 4.90 Å². The molecule has 106 valence electrons. The third kappa shape index (κ3) is 3.11. The predicted molar refractivity (Wildman–Crippen MR) is 77.0 cm³/mol. The highest BCUT2D eigenvalue weighted by Gasteiger charge is 2.33. The molecule has 6 heteroatoms. The fourth-order valence-electron chi connectivity index (χ4n) is 2.42. The van der Waals surface area contributed by atoms with Crippen molar-refractivity contribution in [2.24, 2.45) is 5.92 Å². The van der Waals surface area contributed by atoms with Crippen molar-refractivity contribution >= 4 is 21.6 Å². The van der Waals surface area contributed by atoms with Crippen LogP contribution >= 0.6 is 11.6 Å². The fraction of sp³-hybridized carbons (Fsp3) is 0.538. The average Bonchev–Trinajstić information content (AvgIpc) is 2.78. The molecule has 1 atom stereocenters. The Bertz CT molecular complexity index is 560. The Kier molecular flexibility index (Phi) is 4.50. The van der Waals surface area contributed by atoms with E-state index in [1.807, 2.05) is 14.0 Å². The first-order chi connectivity index (χ1) is 8.95. The molecule has 1 aliphatic heterocycles. The number of aryl methyl sites for hydroxylation is 1. The van der Waals surface area contributed by atoms with Crippen LogP contribution in [0.5, 0.6) is 0 Å². The van der Waals surface area contributed by atoms with Crippen LogP contribution in [-0.4, -0.2) is 39.4 Å². The minimum Gasteiger partial charge on any atom is -0.319 e. The minimum atomic E-state index is -3.46. The molecule has 1 aromatic carbocycles. The van der Waals surface area contributed by atoms with Gasteiger partial charge in [0.1, 0.15) is 4.90 Å². The summed E-state index contributed by atoms with van der Waals surface area (Å²) in [5, 5.41) is 3.40. The maximum absolute atomic E-state index is 12.5. The molecule has 0 bridgehead atoms. The second kappa shape index (κ2) is 5.79. The minimum absolute atomic E-state index is 0.213. The number of halogens is 1. The summed E-state index contributed by atoms with van der Waals surface area (Å²) in [6.07, 6.45) is 0.892.